The van der Waals surface area contributed by atoms with E-state index in [0.717, 1.165) is 10.9 Å². The molecule has 0 bridgehead atoms. The van der Waals surface area contributed by atoms with Crippen molar-refractivity contribution in [2.45, 2.75) is 19.4 Å². The van der Waals surface area contributed by atoms with Crippen molar-refractivity contribution in [3.63, 3.8) is 0 Å². The number of ether oxygens (including phenoxy) is 2. The molecule has 3 rings (SSSR count). The van der Waals surface area contributed by atoms with E-state index in [-0.39, 0.29) is 24.7 Å². The second-order valence-electron chi connectivity index (χ2n) is 6.45. The maximum Gasteiger partial charge on any atom is 0.308 e. The minimum atomic E-state index is -0.924. The number of para-hydroxylation sites is 2. The molecule has 0 radical (unpaired) electrons. The number of methoxy groups -OCH3 is 1. The van der Waals surface area contributed by atoms with Crippen molar-refractivity contribution in [2.75, 3.05) is 13.7 Å². The molecule has 2 aromatic carbocycles. The van der Waals surface area contributed by atoms with Crippen molar-refractivity contribution in [2.24, 2.45) is 0 Å². The van der Waals surface area contributed by atoms with Gasteiger partial charge in [0.2, 0.25) is 5.78 Å². The topological polar surface area (TPSA) is 97.5 Å². The highest BCUT2D eigenvalue weighted by molar-refractivity contribution is 6.10. The van der Waals surface area contributed by atoms with E-state index in [1.54, 1.807) is 30.5 Å². The Hall–Kier alpha value is -3.61. The van der Waals surface area contributed by atoms with E-state index in [0.29, 0.717) is 16.9 Å². The van der Waals surface area contributed by atoms with E-state index in [1.807, 2.05) is 24.3 Å². The Labute approximate surface area is 168 Å². The molecule has 2 N–H and O–H groups in total. The number of amides is 1. The van der Waals surface area contributed by atoms with Gasteiger partial charge in [0, 0.05) is 29.2 Å². The third-order valence-electron chi connectivity index (χ3n) is 4.50. The first kappa shape index (κ1) is 20.1. The average Bonchev–Trinajstić information content (AvgIpc) is 3.17. The number of aromatic amines is 1. The van der Waals surface area contributed by atoms with Gasteiger partial charge in [-0.25, -0.2) is 0 Å². The summed E-state index contributed by atoms with van der Waals surface area (Å²) < 4.78 is 10.4. The maximum absolute atomic E-state index is 12.6. The van der Waals surface area contributed by atoms with E-state index in [9.17, 15) is 14.4 Å². The van der Waals surface area contributed by atoms with Crippen LogP contribution in [0.25, 0.3) is 10.9 Å². The molecule has 1 aromatic heterocycles. The lowest BCUT2D eigenvalue weighted by atomic mass is 10.1. The first-order chi connectivity index (χ1) is 14.0. The highest BCUT2D eigenvalue weighted by Gasteiger charge is 2.22. The smallest absolute Gasteiger partial charge is 0.308 e. The number of nitrogens with one attached hydrogen (secondary N) is 2. The summed E-state index contributed by atoms with van der Waals surface area (Å²) in [5.74, 6) is -0.747. The Morgan fingerprint density at radius 3 is 2.55 bits per heavy atom. The molecule has 1 heterocycles. The summed E-state index contributed by atoms with van der Waals surface area (Å²) >= 11 is 0. The van der Waals surface area contributed by atoms with Crippen molar-refractivity contribution in [1.82, 2.24) is 10.3 Å². The van der Waals surface area contributed by atoms with Gasteiger partial charge in [0.15, 0.2) is 6.10 Å². The van der Waals surface area contributed by atoms with E-state index in [4.69, 9.17) is 9.47 Å². The zero-order valence-electron chi connectivity index (χ0n) is 16.2. The molecule has 29 heavy (non-hydrogen) atoms. The van der Waals surface area contributed by atoms with Crippen LogP contribution in [0.1, 0.15) is 34.1 Å². The fraction of sp³-hybridized carbons (Fsp3) is 0.227. The molecule has 0 aliphatic carbocycles. The number of ketones is 1. The lowest BCUT2D eigenvalue weighted by Gasteiger charge is -2.12. The predicted molar refractivity (Wildman–Crippen MR) is 108 cm³/mol. The lowest BCUT2D eigenvalue weighted by Crippen LogP contribution is -2.29. The summed E-state index contributed by atoms with van der Waals surface area (Å²) in [7, 11) is 1.48. The van der Waals surface area contributed by atoms with Gasteiger partial charge in [-0.1, -0.05) is 30.3 Å². The predicted octanol–water partition coefficient (Wildman–Crippen LogP) is 3.11. The van der Waals surface area contributed by atoms with Crippen LogP contribution >= 0.6 is 0 Å². The van der Waals surface area contributed by atoms with Crippen molar-refractivity contribution in [3.8, 4) is 5.75 Å². The zero-order valence-corrected chi connectivity index (χ0v) is 16.2. The Bertz CT molecular complexity index is 1040. The Kier molecular flexibility index (Phi) is 6.29. The molecule has 1 atom stereocenters. The van der Waals surface area contributed by atoms with Gasteiger partial charge in [0.05, 0.1) is 19.1 Å². The average molecular weight is 394 g/mol. The van der Waals surface area contributed by atoms with Gasteiger partial charge in [-0.3, -0.25) is 14.4 Å². The van der Waals surface area contributed by atoms with Gasteiger partial charge in [-0.15, -0.1) is 0 Å². The van der Waals surface area contributed by atoms with Gasteiger partial charge in [0.1, 0.15) is 5.75 Å². The molecule has 150 valence electrons. The molecule has 0 fully saturated rings. The minimum absolute atomic E-state index is 0.0492. The van der Waals surface area contributed by atoms with Gasteiger partial charge in [-0.05, 0) is 25.1 Å². The molecule has 1 amide bonds. The van der Waals surface area contributed by atoms with Crippen LogP contribution in [-0.4, -0.2) is 42.4 Å². The van der Waals surface area contributed by atoms with E-state index < -0.39 is 12.1 Å². The molecule has 7 nitrogen and oxygen atoms in total. The Morgan fingerprint density at radius 1 is 1.03 bits per heavy atom. The molecule has 7 heteroatoms. The van der Waals surface area contributed by atoms with Crippen molar-refractivity contribution in [3.05, 3.63) is 65.9 Å². The summed E-state index contributed by atoms with van der Waals surface area (Å²) in [5, 5.41) is 3.43. The normalized spacial score (nSPS) is 11.7. The van der Waals surface area contributed by atoms with E-state index >= 15 is 0 Å². The van der Waals surface area contributed by atoms with Gasteiger partial charge in [-0.2, -0.15) is 0 Å². The van der Waals surface area contributed by atoms with Gasteiger partial charge in [0.25, 0.3) is 5.91 Å². The monoisotopic (exact) mass is 394 g/mol. The number of fused-ring (bicyclic) bond motifs is 1. The Balaban J connectivity index is 1.51. The summed E-state index contributed by atoms with van der Waals surface area (Å²) in [4.78, 5) is 39.9. The molecular formula is C22H22N2O5. The third-order valence-corrected chi connectivity index (χ3v) is 4.50. The van der Waals surface area contributed by atoms with Crippen LogP contribution in [0.2, 0.25) is 0 Å². The number of H-pyrrole nitrogens is 1. The van der Waals surface area contributed by atoms with Crippen molar-refractivity contribution in [1.29, 1.82) is 0 Å². The second-order valence-corrected chi connectivity index (χ2v) is 6.45. The molecule has 0 unspecified atom stereocenters. The lowest BCUT2D eigenvalue weighted by molar-refractivity contribution is -0.146. The number of Topliss-reactive ketones (excluding diaryl/α,β-unsaturated/α-hetero) is 1. The van der Waals surface area contributed by atoms with Crippen LogP contribution in [0.15, 0.2) is 54.7 Å². The van der Waals surface area contributed by atoms with Crippen molar-refractivity contribution >= 4 is 28.6 Å². The third kappa shape index (κ3) is 4.63. The minimum Gasteiger partial charge on any atom is -0.496 e. The summed E-state index contributed by atoms with van der Waals surface area (Å²) in [6.07, 6.45) is 0.642. The zero-order chi connectivity index (χ0) is 20.8. The molecule has 0 saturated carbocycles. The van der Waals surface area contributed by atoms with Gasteiger partial charge < -0.3 is 19.8 Å². The number of rotatable bonds is 8. The maximum atomic E-state index is 12.6. The SMILES string of the molecule is COc1ccccc1C(=O)NCCC(=O)O[C@@H](C)C(=O)c1c[nH]c2ccccc12. The summed E-state index contributed by atoms with van der Waals surface area (Å²) in [6, 6.07) is 14.2. The largest absolute Gasteiger partial charge is 0.496 e. The van der Waals surface area contributed by atoms with Crippen LogP contribution < -0.4 is 10.1 Å². The number of hydrogen-bond acceptors (Lipinski definition) is 5. The van der Waals surface area contributed by atoms with E-state index in [2.05, 4.69) is 10.3 Å². The standard InChI is InChI=1S/C22H22N2O5/c1-14(21(26)17-13-24-18-9-5-3-7-15(17)18)29-20(25)11-12-23-22(27)16-8-4-6-10-19(16)28-2/h3-10,13-14,24H,11-12H2,1-2H3,(H,23,27)/t14-/m0/s1. The first-order valence-electron chi connectivity index (χ1n) is 9.22. The summed E-state index contributed by atoms with van der Waals surface area (Å²) in [6.45, 7) is 1.62. The number of carbonyl (C=O) groups is 3. The summed E-state index contributed by atoms with van der Waals surface area (Å²) in [5.41, 5.74) is 1.70. The van der Waals surface area contributed by atoms with Crippen LogP contribution in [0.4, 0.5) is 0 Å². The number of esters is 1. The van der Waals surface area contributed by atoms with Crippen LogP contribution in [0.3, 0.4) is 0 Å². The molecular weight excluding hydrogens is 372 g/mol. The molecule has 0 aliphatic heterocycles. The second kappa shape index (κ2) is 9.05. The molecule has 0 spiro atoms. The number of hydrogen-bond donors (Lipinski definition) is 2. The van der Waals surface area contributed by atoms with Gasteiger partial charge >= 0.3 is 5.97 Å². The quantitative estimate of drug-likeness (QED) is 0.452. The number of benzene rings is 2. The van der Waals surface area contributed by atoms with Crippen molar-refractivity contribution < 1.29 is 23.9 Å². The first-order valence-corrected chi connectivity index (χ1v) is 9.22. The molecule has 0 saturated heterocycles. The number of aromatic nitrogens is 1. The van der Waals surface area contributed by atoms with Crippen LogP contribution in [0, 0.1) is 0 Å². The fourth-order valence-corrected chi connectivity index (χ4v) is 3.01. The van der Waals surface area contributed by atoms with Crippen LogP contribution in [0.5, 0.6) is 5.75 Å². The molecule has 3 aromatic rings. The number of carbonyl (C=O) groups excluding carboxylic acids is 3. The fourth-order valence-electron chi connectivity index (χ4n) is 3.01. The Morgan fingerprint density at radius 2 is 1.76 bits per heavy atom. The highest BCUT2D eigenvalue weighted by Crippen LogP contribution is 2.20. The van der Waals surface area contributed by atoms with Crippen LogP contribution in [-0.2, 0) is 9.53 Å². The molecule has 0 aliphatic rings. The van der Waals surface area contributed by atoms with E-state index in [1.165, 1.54) is 14.0 Å². The highest BCUT2D eigenvalue weighted by atomic mass is 16.5.